The molecule has 0 aliphatic carbocycles. The first-order valence-electron chi connectivity index (χ1n) is 11.7. The minimum absolute atomic E-state index is 0.0607. The predicted molar refractivity (Wildman–Crippen MR) is 138 cm³/mol. The van der Waals surface area contributed by atoms with Gasteiger partial charge in [0, 0.05) is 10.9 Å². The molecule has 0 amide bonds. The highest BCUT2D eigenvalue weighted by Gasteiger charge is 2.25. The van der Waals surface area contributed by atoms with Gasteiger partial charge in [0.25, 0.3) is 0 Å². The largest absolute Gasteiger partial charge is 0.338 e. The second-order valence-corrected chi connectivity index (χ2v) is 11.0. The van der Waals surface area contributed by atoms with Crippen LogP contribution in [0.4, 0.5) is 0 Å². The van der Waals surface area contributed by atoms with Crippen LogP contribution in [-0.4, -0.2) is 48.8 Å². The molecule has 9 heteroatoms. The molecule has 1 aromatic heterocycles. The van der Waals surface area contributed by atoms with E-state index in [1.165, 1.54) is 0 Å². The predicted octanol–water partition coefficient (Wildman–Crippen LogP) is 4.75. The summed E-state index contributed by atoms with van der Waals surface area (Å²) in [7, 11) is -3.51. The van der Waals surface area contributed by atoms with E-state index in [0.717, 1.165) is 35.2 Å². The Morgan fingerprint density at radius 3 is 2.41 bits per heavy atom. The summed E-state index contributed by atoms with van der Waals surface area (Å²) in [4.78, 5) is 6.75. The van der Waals surface area contributed by atoms with E-state index in [9.17, 15) is 8.42 Å². The van der Waals surface area contributed by atoms with Crippen LogP contribution in [0.2, 0.25) is 0 Å². The van der Waals surface area contributed by atoms with Crippen molar-refractivity contribution in [2.24, 2.45) is 0 Å². The van der Waals surface area contributed by atoms with Gasteiger partial charge in [0.05, 0.1) is 5.75 Å². The molecule has 0 fully saturated rings. The molecule has 0 aliphatic heterocycles. The van der Waals surface area contributed by atoms with Crippen molar-refractivity contribution in [3.05, 3.63) is 81.9 Å². The first-order valence-corrected chi connectivity index (χ1v) is 14.2. The molecule has 0 spiro atoms. The summed E-state index contributed by atoms with van der Waals surface area (Å²) in [6, 6.07) is 17.3. The second kappa shape index (κ2) is 13.1. The lowest BCUT2D eigenvalue weighted by molar-refractivity contribution is 0.304. The number of hydrogen-bond donors (Lipinski definition) is 1. The van der Waals surface area contributed by atoms with Gasteiger partial charge in [0.15, 0.2) is 5.82 Å². The molecule has 0 bridgehead atoms. The first-order chi connectivity index (χ1) is 16.4. The van der Waals surface area contributed by atoms with Crippen molar-refractivity contribution in [2.45, 2.75) is 45.6 Å². The zero-order chi connectivity index (χ0) is 24.4. The Morgan fingerprint density at radius 1 is 1.03 bits per heavy atom. The highest BCUT2D eigenvalue weighted by atomic mass is 79.9. The van der Waals surface area contributed by atoms with E-state index in [1.54, 1.807) is 0 Å². The Labute approximate surface area is 211 Å². The van der Waals surface area contributed by atoms with Crippen molar-refractivity contribution in [3.63, 3.8) is 0 Å². The second-order valence-electron chi connectivity index (χ2n) is 8.25. The fraction of sp³-hybridized carbons (Fsp3) is 0.440. The molecule has 0 unspecified atom stereocenters. The van der Waals surface area contributed by atoms with E-state index in [4.69, 9.17) is 4.52 Å². The third-order valence-electron chi connectivity index (χ3n) is 5.73. The van der Waals surface area contributed by atoms with Crippen molar-refractivity contribution in [1.82, 2.24) is 19.8 Å². The Bertz CT molecular complexity index is 1100. The molecule has 0 saturated carbocycles. The average Bonchev–Trinajstić information content (AvgIpc) is 3.30. The standard InChI is InChI=1S/C25H33BrN4O3S/c1-3-30(4-2)17-8-18-34(31,32)29-23(16-13-20-9-6-5-7-10-20)25-27-24(28-33-25)19-21-11-14-22(26)15-12-21/h5-7,9-12,14-15,23,29H,3-4,8,13,16-19H2,1-2H3/t23-/m1/s1. The van der Waals surface area contributed by atoms with Crippen LogP contribution >= 0.6 is 15.9 Å². The first kappa shape index (κ1) is 26.5. The Hall–Kier alpha value is -2.07. The van der Waals surface area contributed by atoms with Crippen LogP contribution in [-0.2, 0) is 22.9 Å². The van der Waals surface area contributed by atoms with E-state index < -0.39 is 16.1 Å². The molecular formula is C25H33BrN4O3S. The van der Waals surface area contributed by atoms with Crippen LogP contribution in [0.15, 0.2) is 63.6 Å². The summed E-state index contributed by atoms with van der Waals surface area (Å²) in [6.45, 7) is 6.73. The smallest absolute Gasteiger partial charge is 0.244 e. The van der Waals surface area contributed by atoms with Gasteiger partial charge >= 0.3 is 0 Å². The highest BCUT2D eigenvalue weighted by Crippen LogP contribution is 2.21. The zero-order valence-corrected chi connectivity index (χ0v) is 22.2. The zero-order valence-electron chi connectivity index (χ0n) is 19.8. The maximum Gasteiger partial charge on any atom is 0.244 e. The molecule has 3 rings (SSSR count). The molecule has 1 N–H and O–H groups in total. The highest BCUT2D eigenvalue weighted by molar-refractivity contribution is 9.10. The van der Waals surface area contributed by atoms with Crippen molar-refractivity contribution in [2.75, 3.05) is 25.4 Å². The van der Waals surface area contributed by atoms with Crippen molar-refractivity contribution < 1.29 is 12.9 Å². The Morgan fingerprint density at radius 2 is 1.74 bits per heavy atom. The van der Waals surface area contributed by atoms with Gasteiger partial charge in [-0.3, -0.25) is 0 Å². The summed E-state index contributed by atoms with van der Waals surface area (Å²) >= 11 is 3.43. The van der Waals surface area contributed by atoms with Gasteiger partial charge < -0.3 is 9.42 Å². The van der Waals surface area contributed by atoms with Crippen LogP contribution in [0.25, 0.3) is 0 Å². The van der Waals surface area contributed by atoms with Crippen molar-refractivity contribution >= 4 is 26.0 Å². The SMILES string of the molecule is CCN(CC)CCCS(=O)(=O)N[C@H](CCc1ccccc1)c1nc(Cc2ccc(Br)cc2)no1. The lowest BCUT2D eigenvalue weighted by atomic mass is 10.1. The van der Waals surface area contributed by atoms with Gasteiger partial charge in [-0.2, -0.15) is 4.98 Å². The number of hydrogen-bond acceptors (Lipinski definition) is 6. The van der Waals surface area contributed by atoms with Crippen LogP contribution in [0.1, 0.15) is 55.6 Å². The Balaban J connectivity index is 1.70. The molecule has 1 heterocycles. The van der Waals surface area contributed by atoms with Gasteiger partial charge in [-0.1, -0.05) is 77.4 Å². The fourth-order valence-corrected chi connectivity index (χ4v) is 5.29. The van der Waals surface area contributed by atoms with Gasteiger partial charge in [-0.05, 0) is 62.2 Å². The maximum absolute atomic E-state index is 12.9. The lowest BCUT2D eigenvalue weighted by Gasteiger charge is -2.19. The molecular weight excluding hydrogens is 516 g/mol. The molecule has 0 radical (unpaired) electrons. The number of rotatable bonds is 14. The summed E-state index contributed by atoms with van der Waals surface area (Å²) in [6.07, 6.45) is 2.30. The van der Waals surface area contributed by atoms with E-state index in [-0.39, 0.29) is 5.75 Å². The molecule has 184 valence electrons. The Kier molecular flexibility index (Phi) is 10.2. The van der Waals surface area contributed by atoms with Gasteiger partial charge in [-0.15, -0.1) is 0 Å². The maximum atomic E-state index is 12.9. The van der Waals surface area contributed by atoms with Crippen LogP contribution in [0.3, 0.4) is 0 Å². The van der Waals surface area contributed by atoms with Crippen molar-refractivity contribution in [3.8, 4) is 0 Å². The third kappa shape index (κ3) is 8.61. The molecule has 34 heavy (non-hydrogen) atoms. The average molecular weight is 550 g/mol. The third-order valence-corrected chi connectivity index (χ3v) is 7.72. The number of benzene rings is 2. The molecule has 3 aromatic rings. The number of sulfonamides is 1. The van der Waals surface area contributed by atoms with Gasteiger partial charge in [-0.25, -0.2) is 13.1 Å². The fourth-order valence-electron chi connectivity index (χ4n) is 3.75. The summed E-state index contributed by atoms with van der Waals surface area (Å²) < 4.78 is 35.1. The monoisotopic (exact) mass is 548 g/mol. The van der Waals surface area contributed by atoms with E-state index in [1.807, 2.05) is 54.6 Å². The minimum atomic E-state index is -3.51. The minimum Gasteiger partial charge on any atom is -0.338 e. The molecule has 0 saturated heterocycles. The van der Waals surface area contributed by atoms with Crippen LogP contribution < -0.4 is 4.72 Å². The normalized spacial score (nSPS) is 12.8. The number of halogens is 1. The number of nitrogens with one attached hydrogen (secondary N) is 1. The number of aromatic nitrogens is 2. The van der Waals surface area contributed by atoms with E-state index in [0.29, 0.717) is 37.4 Å². The van der Waals surface area contributed by atoms with E-state index >= 15 is 0 Å². The molecule has 1 atom stereocenters. The van der Waals surface area contributed by atoms with Crippen LogP contribution in [0, 0.1) is 0 Å². The summed E-state index contributed by atoms with van der Waals surface area (Å²) in [5, 5.41) is 4.11. The van der Waals surface area contributed by atoms with E-state index in [2.05, 4.69) is 49.5 Å². The topological polar surface area (TPSA) is 88.3 Å². The quantitative estimate of drug-likeness (QED) is 0.312. The molecule has 0 aliphatic rings. The van der Waals surface area contributed by atoms with Crippen LogP contribution in [0.5, 0.6) is 0 Å². The van der Waals surface area contributed by atoms with Gasteiger partial charge in [0.2, 0.25) is 15.9 Å². The number of nitrogens with zero attached hydrogens (tertiary/aromatic N) is 3. The summed E-state index contributed by atoms with van der Waals surface area (Å²) in [5.41, 5.74) is 2.18. The van der Waals surface area contributed by atoms with Gasteiger partial charge in [0.1, 0.15) is 6.04 Å². The lowest BCUT2D eigenvalue weighted by Crippen LogP contribution is -2.33. The number of aryl methyl sites for hydroxylation is 1. The molecule has 7 nitrogen and oxygen atoms in total. The van der Waals surface area contributed by atoms with Crippen molar-refractivity contribution in [1.29, 1.82) is 0 Å². The molecule has 2 aromatic carbocycles. The summed E-state index contributed by atoms with van der Waals surface area (Å²) in [5.74, 6) is 0.892.